The van der Waals surface area contributed by atoms with E-state index < -0.39 is 0 Å². The van der Waals surface area contributed by atoms with E-state index in [-0.39, 0.29) is 6.04 Å². The number of rotatable bonds is 12. The number of aryl methyl sites for hydroxylation is 1. The Morgan fingerprint density at radius 1 is 0.451 bits per heavy atom. The van der Waals surface area contributed by atoms with Gasteiger partial charge < -0.3 is 19.6 Å². The largest absolute Gasteiger partial charge is 0.338 e. The van der Waals surface area contributed by atoms with E-state index in [1.807, 2.05) is 0 Å². The van der Waals surface area contributed by atoms with Crippen molar-refractivity contribution in [2.45, 2.75) is 38.6 Å². The van der Waals surface area contributed by atoms with E-state index in [0.717, 1.165) is 65.5 Å². The highest BCUT2D eigenvalue weighted by Gasteiger charge is 2.33. The van der Waals surface area contributed by atoms with Gasteiger partial charge in [0.25, 0.3) is 0 Å². The van der Waals surface area contributed by atoms with Gasteiger partial charge in [0.15, 0.2) is 0 Å². The van der Waals surface area contributed by atoms with Gasteiger partial charge in [-0.2, -0.15) is 0 Å². The Labute approximate surface area is 419 Å². The molecule has 0 aliphatic heterocycles. The molecule has 0 aromatic heterocycles. The van der Waals surface area contributed by atoms with Gasteiger partial charge in [0.1, 0.15) is 0 Å². The van der Waals surface area contributed by atoms with Crippen LogP contribution in [0, 0.1) is 17.8 Å². The highest BCUT2D eigenvalue weighted by Crippen LogP contribution is 2.44. The molecule has 0 fully saturated rings. The standard InChI is InChI=1S/C67H58N4/c1-49-66-28-16-15-19-52(66)31-46-67(49)71(57-26-9-4-10-27-57)63-44-42-60(43-45-63)68(58-34-38-61(39-35-58)69(55-22-5-2-6-23-55)64-32-29-50-17-11-13-20-53(50)47-64)59-36-40-62(41-37-59)70(56-24-7-3-8-25-56)65-33-30-51-18-12-14-21-54(51)48-65/h2-13,15-20,22-28,30-44,46-50,63,66H,14,21,29,45H2,1H3. The summed E-state index contributed by atoms with van der Waals surface area (Å²) in [4.78, 5) is 9.79. The molecule has 6 aliphatic rings. The normalized spacial score (nSPS) is 20.3. The van der Waals surface area contributed by atoms with Crippen molar-refractivity contribution in [3.8, 4) is 0 Å². The average molecular weight is 919 g/mol. The lowest BCUT2D eigenvalue weighted by Crippen LogP contribution is -2.39. The molecular formula is C67H58N4. The second-order valence-corrected chi connectivity index (χ2v) is 19.2. The molecule has 346 valence electrons. The molecule has 0 bridgehead atoms. The predicted octanol–water partition coefficient (Wildman–Crippen LogP) is 17.3. The minimum Gasteiger partial charge on any atom is -0.338 e. The number of fused-ring (bicyclic) bond motifs is 3. The second-order valence-electron chi connectivity index (χ2n) is 19.2. The van der Waals surface area contributed by atoms with Crippen molar-refractivity contribution in [1.82, 2.24) is 0 Å². The molecule has 0 heterocycles. The van der Waals surface area contributed by atoms with Crippen molar-refractivity contribution in [1.29, 1.82) is 0 Å². The van der Waals surface area contributed by atoms with Crippen molar-refractivity contribution in [3.05, 3.63) is 294 Å². The first-order chi connectivity index (χ1) is 35.1. The zero-order valence-electron chi connectivity index (χ0n) is 40.3. The third-order valence-corrected chi connectivity index (χ3v) is 14.9. The van der Waals surface area contributed by atoms with Gasteiger partial charge in [-0.3, -0.25) is 0 Å². The summed E-state index contributed by atoms with van der Waals surface area (Å²) in [6, 6.07) is 57.8. The first kappa shape index (κ1) is 43.9. The van der Waals surface area contributed by atoms with Crippen LogP contribution in [0.1, 0.15) is 37.3 Å². The summed E-state index contributed by atoms with van der Waals surface area (Å²) in [6.45, 7) is 2.38. The maximum atomic E-state index is 2.58. The van der Waals surface area contributed by atoms with Gasteiger partial charge in [-0.15, -0.1) is 0 Å². The number of hydrogen-bond donors (Lipinski definition) is 0. The number of nitrogens with zero attached hydrogens (tertiary/aromatic N) is 4. The Bertz CT molecular complexity index is 3270. The molecule has 0 saturated heterocycles. The third-order valence-electron chi connectivity index (χ3n) is 14.9. The maximum absolute atomic E-state index is 2.58. The molecule has 4 atom stereocenters. The van der Waals surface area contributed by atoms with Gasteiger partial charge in [0.05, 0.1) is 6.04 Å². The van der Waals surface area contributed by atoms with E-state index in [0.29, 0.717) is 17.8 Å². The van der Waals surface area contributed by atoms with Crippen LogP contribution in [0.4, 0.5) is 45.5 Å². The van der Waals surface area contributed by atoms with Gasteiger partial charge in [-0.25, -0.2) is 0 Å². The second kappa shape index (κ2) is 19.6. The summed E-state index contributed by atoms with van der Waals surface area (Å²) in [5, 5.41) is 0. The molecule has 4 heteroatoms. The molecule has 0 spiro atoms. The zero-order chi connectivity index (χ0) is 47.5. The third kappa shape index (κ3) is 8.83. The Morgan fingerprint density at radius 3 is 1.68 bits per heavy atom. The molecule has 0 amide bonds. The monoisotopic (exact) mass is 918 g/mol. The van der Waals surface area contributed by atoms with Crippen LogP contribution < -0.4 is 19.6 Å². The summed E-state index contributed by atoms with van der Waals surface area (Å²) < 4.78 is 0. The quantitative estimate of drug-likeness (QED) is 0.121. The van der Waals surface area contributed by atoms with Gasteiger partial charge >= 0.3 is 0 Å². The van der Waals surface area contributed by atoms with Crippen LogP contribution in [-0.4, -0.2) is 6.04 Å². The SMILES string of the molecule is CC1C(N(c2ccccc2)C2C=CC(N(c3ccc(N(C4=CCC5C=CC=CC5=C4)c4ccccc4)cc3)c3ccc(N(c4ccccc4)c4ccc5c(c4)CCC=C5)cc3)=CC2)=CC=C2C=CC=CC21. The Morgan fingerprint density at radius 2 is 1.01 bits per heavy atom. The fourth-order valence-electron chi connectivity index (χ4n) is 11.2. The van der Waals surface area contributed by atoms with E-state index >= 15 is 0 Å². The van der Waals surface area contributed by atoms with Crippen LogP contribution in [0.3, 0.4) is 0 Å². The first-order valence-electron chi connectivity index (χ1n) is 25.4. The number of para-hydroxylation sites is 3. The number of benzene rings is 6. The van der Waals surface area contributed by atoms with Crippen LogP contribution in [0.15, 0.2) is 283 Å². The lowest BCUT2D eigenvalue weighted by Gasteiger charge is -2.41. The van der Waals surface area contributed by atoms with Crippen molar-refractivity contribution in [3.63, 3.8) is 0 Å². The molecule has 4 unspecified atom stereocenters. The minimum atomic E-state index is 0.137. The molecule has 6 aromatic rings. The van der Waals surface area contributed by atoms with Gasteiger partial charge in [-0.05, 0) is 163 Å². The molecule has 0 saturated carbocycles. The van der Waals surface area contributed by atoms with E-state index in [4.69, 9.17) is 0 Å². The van der Waals surface area contributed by atoms with Crippen molar-refractivity contribution < 1.29 is 0 Å². The fourth-order valence-corrected chi connectivity index (χ4v) is 11.2. The molecule has 0 radical (unpaired) electrons. The van der Waals surface area contributed by atoms with E-state index in [1.54, 1.807) is 0 Å². The van der Waals surface area contributed by atoms with Gasteiger partial charge in [-0.1, -0.05) is 153 Å². The molecule has 12 rings (SSSR count). The minimum absolute atomic E-state index is 0.137. The fraction of sp³-hybridized carbons (Fsp3) is 0.134. The molecule has 71 heavy (non-hydrogen) atoms. The predicted molar refractivity (Wildman–Crippen MR) is 300 cm³/mol. The van der Waals surface area contributed by atoms with E-state index in [9.17, 15) is 0 Å². The molecule has 6 aromatic carbocycles. The van der Waals surface area contributed by atoms with Crippen molar-refractivity contribution >= 4 is 51.6 Å². The Kier molecular flexibility index (Phi) is 12.1. The highest BCUT2D eigenvalue weighted by molar-refractivity contribution is 5.81. The van der Waals surface area contributed by atoms with Crippen LogP contribution in [0.25, 0.3) is 6.08 Å². The molecule has 6 aliphatic carbocycles. The van der Waals surface area contributed by atoms with Crippen LogP contribution >= 0.6 is 0 Å². The lowest BCUT2D eigenvalue weighted by atomic mass is 9.78. The van der Waals surface area contributed by atoms with Crippen LogP contribution in [0.5, 0.6) is 0 Å². The zero-order valence-corrected chi connectivity index (χ0v) is 40.3. The first-order valence-corrected chi connectivity index (χ1v) is 25.4. The summed E-state index contributed by atoms with van der Waals surface area (Å²) in [7, 11) is 0. The van der Waals surface area contributed by atoms with Gasteiger partial charge in [0, 0.05) is 80.3 Å². The highest BCUT2D eigenvalue weighted by atomic mass is 15.2. The van der Waals surface area contributed by atoms with E-state index in [1.165, 1.54) is 45.0 Å². The smallest absolute Gasteiger partial charge is 0.0558 e. The topological polar surface area (TPSA) is 13.0 Å². The maximum Gasteiger partial charge on any atom is 0.0558 e. The van der Waals surface area contributed by atoms with Crippen molar-refractivity contribution in [2.24, 2.45) is 17.8 Å². The average Bonchev–Trinajstić information content (AvgIpc) is 3.44. The Hall–Kier alpha value is -8.34. The van der Waals surface area contributed by atoms with Crippen LogP contribution in [0.2, 0.25) is 0 Å². The number of anilines is 8. The van der Waals surface area contributed by atoms with E-state index in [2.05, 4.69) is 288 Å². The van der Waals surface area contributed by atoms with Gasteiger partial charge in [0.2, 0.25) is 0 Å². The molecule has 0 N–H and O–H groups in total. The number of hydrogen-bond acceptors (Lipinski definition) is 4. The number of allylic oxidation sites excluding steroid dienone is 17. The molecular weight excluding hydrogens is 861 g/mol. The van der Waals surface area contributed by atoms with Crippen molar-refractivity contribution in [2.75, 3.05) is 19.6 Å². The summed E-state index contributed by atoms with van der Waals surface area (Å²) in [5.74, 6) is 1.11. The lowest BCUT2D eigenvalue weighted by molar-refractivity contribution is 0.519. The molecule has 4 nitrogen and oxygen atoms in total. The summed E-state index contributed by atoms with van der Waals surface area (Å²) in [5.41, 5.74) is 18.2. The Balaban J connectivity index is 0.920. The van der Waals surface area contributed by atoms with Crippen LogP contribution in [-0.2, 0) is 6.42 Å². The summed E-state index contributed by atoms with van der Waals surface area (Å²) in [6.07, 6.45) is 43.0. The summed E-state index contributed by atoms with van der Waals surface area (Å²) >= 11 is 0.